The fraction of sp³-hybridized carbons (Fsp3) is 0.410. The summed E-state index contributed by atoms with van der Waals surface area (Å²) in [6, 6.07) is 13.0. The molecular formula is C39H42FN7O5. The van der Waals surface area contributed by atoms with E-state index < -0.39 is 5.82 Å². The highest BCUT2D eigenvalue weighted by Crippen LogP contribution is 2.47. The first-order chi connectivity index (χ1) is 25.2. The van der Waals surface area contributed by atoms with E-state index in [-0.39, 0.29) is 23.4 Å². The molecule has 0 saturated carbocycles. The summed E-state index contributed by atoms with van der Waals surface area (Å²) in [7, 11) is 3.15. The second-order valence-electron chi connectivity index (χ2n) is 14.1. The van der Waals surface area contributed by atoms with Crippen molar-refractivity contribution in [2.75, 3.05) is 60.1 Å². The molecule has 4 aromatic rings. The summed E-state index contributed by atoms with van der Waals surface area (Å²) in [6.45, 7) is 8.86. The molecule has 1 unspecified atom stereocenters. The van der Waals surface area contributed by atoms with Crippen LogP contribution in [0.3, 0.4) is 0 Å². The number of methoxy groups -OCH3 is 2. The Morgan fingerprint density at radius 2 is 1.67 bits per heavy atom. The average molecular weight is 708 g/mol. The Hall–Kier alpha value is -5.14. The monoisotopic (exact) mass is 707 g/mol. The van der Waals surface area contributed by atoms with Gasteiger partial charge in [0, 0.05) is 81.9 Å². The van der Waals surface area contributed by atoms with Gasteiger partial charge < -0.3 is 24.4 Å². The number of likely N-dealkylation sites (tertiary alicyclic amines) is 1. The lowest BCUT2D eigenvalue weighted by Gasteiger charge is -2.50. The zero-order valence-electron chi connectivity index (χ0n) is 29.9. The fourth-order valence-electron chi connectivity index (χ4n) is 8.11. The van der Waals surface area contributed by atoms with Crippen molar-refractivity contribution in [1.29, 1.82) is 0 Å². The number of halogens is 1. The van der Waals surface area contributed by atoms with Crippen LogP contribution in [0.25, 0.3) is 33.6 Å². The van der Waals surface area contributed by atoms with Crippen LogP contribution in [0.2, 0.25) is 0 Å². The van der Waals surface area contributed by atoms with Crippen LogP contribution in [0.4, 0.5) is 4.39 Å². The van der Waals surface area contributed by atoms with Gasteiger partial charge in [-0.1, -0.05) is 30.3 Å². The first-order valence-electron chi connectivity index (χ1n) is 17.7. The number of pyridine rings is 1. The van der Waals surface area contributed by atoms with Crippen molar-refractivity contribution in [3.05, 3.63) is 71.3 Å². The van der Waals surface area contributed by atoms with Gasteiger partial charge in [0.25, 0.3) is 0 Å². The molecule has 3 fully saturated rings. The van der Waals surface area contributed by atoms with Crippen molar-refractivity contribution in [3.63, 3.8) is 0 Å². The number of nitrogens with zero attached hydrogens (tertiary/aromatic N) is 6. The normalized spacial score (nSPS) is 19.6. The molecule has 4 aliphatic rings. The number of nitrogens with one attached hydrogen (secondary N) is 1. The van der Waals surface area contributed by atoms with Crippen molar-refractivity contribution >= 4 is 11.8 Å². The first kappa shape index (κ1) is 34.0. The molecule has 3 saturated heterocycles. The Morgan fingerprint density at radius 3 is 2.37 bits per heavy atom. The lowest BCUT2D eigenvalue weighted by molar-refractivity contribution is -0.130. The summed E-state index contributed by atoms with van der Waals surface area (Å²) in [4.78, 5) is 44.2. The van der Waals surface area contributed by atoms with Crippen molar-refractivity contribution < 1.29 is 28.2 Å². The summed E-state index contributed by atoms with van der Waals surface area (Å²) in [6.07, 6.45) is 3.02. The molecule has 1 spiro atoms. The lowest BCUT2D eigenvalue weighted by Crippen LogP contribution is -2.67. The summed E-state index contributed by atoms with van der Waals surface area (Å²) in [5.41, 5.74) is 5.64. The van der Waals surface area contributed by atoms with Crippen molar-refractivity contribution in [2.45, 2.75) is 44.8 Å². The average Bonchev–Trinajstić information content (AvgIpc) is 3.75. The van der Waals surface area contributed by atoms with Crippen molar-refractivity contribution in [2.24, 2.45) is 0 Å². The number of piperazine rings is 1. The number of benzene rings is 2. The Bertz CT molecular complexity index is 2060. The van der Waals surface area contributed by atoms with E-state index >= 15 is 4.39 Å². The van der Waals surface area contributed by atoms with Crippen molar-refractivity contribution in [1.82, 2.24) is 35.0 Å². The Labute approximate surface area is 301 Å². The first-order valence-corrected chi connectivity index (χ1v) is 17.7. The van der Waals surface area contributed by atoms with E-state index in [2.05, 4.69) is 25.1 Å². The SMILES string of the molecule is COc1nc(-c2cccc(-c3cccc(-c4cc5c(c(OC)n4)C(N4CC6(CCC(=O)N6)C4)CO5)c3C)c2F)cnc1CN1CCN(C(C)=O)CC1. The lowest BCUT2D eigenvalue weighted by atomic mass is 9.86. The molecule has 52 heavy (non-hydrogen) atoms. The largest absolute Gasteiger partial charge is 0.491 e. The number of carbonyl (C=O) groups is 2. The standard InChI is InChI=1S/C39H42FN7O5/c1-23-25(27-9-6-10-28(36(27)40)30-18-41-31(37(43-30)50-3)19-45-13-15-46(16-14-45)24(2)48)7-5-8-26(23)29-17-33-35(38(42-29)51-4)32(20-52-33)47-21-39(22-47)12-11-34(49)44-39/h5-10,17-18,32H,11-16,19-22H2,1-4H3,(H,44,49). The molecule has 6 heterocycles. The molecule has 13 heteroatoms. The molecule has 12 nitrogen and oxygen atoms in total. The highest BCUT2D eigenvalue weighted by atomic mass is 19.1. The molecule has 0 bridgehead atoms. The molecule has 270 valence electrons. The van der Waals surface area contributed by atoms with E-state index in [0.717, 1.165) is 60.6 Å². The molecule has 8 rings (SSSR count). The number of rotatable bonds is 8. The van der Waals surface area contributed by atoms with Gasteiger partial charge in [-0.05, 0) is 30.5 Å². The van der Waals surface area contributed by atoms with Gasteiger partial charge in [0.1, 0.15) is 23.9 Å². The van der Waals surface area contributed by atoms with Crippen LogP contribution in [-0.2, 0) is 16.1 Å². The quantitative estimate of drug-likeness (QED) is 0.282. The summed E-state index contributed by atoms with van der Waals surface area (Å²) in [5, 5.41) is 3.15. The third-order valence-electron chi connectivity index (χ3n) is 11.0. The number of aromatic nitrogens is 3. The molecule has 2 aromatic carbocycles. The highest BCUT2D eigenvalue weighted by molar-refractivity contribution is 5.81. The minimum absolute atomic E-state index is 0.0156. The van der Waals surface area contributed by atoms with E-state index in [9.17, 15) is 9.59 Å². The molecule has 2 amide bonds. The van der Waals surface area contributed by atoms with Gasteiger partial charge in [0.05, 0.1) is 48.9 Å². The number of fused-ring (bicyclic) bond motifs is 1. The minimum atomic E-state index is -0.413. The number of hydrogen-bond acceptors (Lipinski definition) is 10. The minimum Gasteiger partial charge on any atom is -0.491 e. The number of hydrogen-bond donors (Lipinski definition) is 1. The highest BCUT2D eigenvalue weighted by Gasteiger charge is 2.51. The van der Waals surface area contributed by atoms with Gasteiger partial charge in [0.15, 0.2) is 0 Å². The van der Waals surface area contributed by atoms with Gasteiger partial charge in [-0.3, -0.25) is 24.4 Å². The summed E-state index contributed by atoms with van der Waals surface area (Å²) < 4.78 is 34.2. The van der Waals surface area contributed by atoms with Crippen LogP contribution < -0.4 is 19.5 Å². The molecule has 2 aromatic heterocycles. The van der Waals surface area contributed by atoms with Crippen molar-refractivity contribution in [3.8, 4) is 51.2 Å². The second-order valence-corrected chi connectivity index (χ2v) is 14.1. The predicted octanol–water partition coefficient (Wildman–Crippen LogP) is 4.40. The number of carbonyl (C=O) groups excluding carboxylic acids is 2. The zero-order valence-corrected chi connectivity index (χ0v) is 29.9. The Kier molecular flexibility index (Phi) is 8.78. The van der Waals surface area contributed by atoms with Crippen LogP contribution in [0, 0.1) is 12.7 Å². The third kappa shape index (κ3) is 6.01. The topological polar surface area (TPSA) is 122 Å². The van der Waals surface area contributed by atoms with Crippen LogP contribution >= 0.6 is 0 Å². The van der Waals surface area contributed by atoms with Crippen LogP contribution in [0.5, 0.6) is 17.5 Å². The van der Waals surface area contributed by atoms with Gasteiger partial charge in [-0.25, -0.2) is 14.4 Å². The van der Waals surface area contributed by atoms with Gasteiger partial charge in [-0.15, -0.1) is 0 Å². The number of ether oxygens (including phenoxy) is 3. The zero-order chi connectivity index (χ0) is 36.1. The molecule has 1 N–H and O–H groups in total. The van der Waals surface area contributed by atoms with Crippen LogP contribution in [-0.4, -0.2) is 107 Å². The van der Waals surface area contributed by atoms with Gasteiger partial charge >= 0.3 is 0 Å². The third-order valence-corrected chi connectivity index (χ3v) is 11.0. The molecule has 0 aliphatic carbocycles. The molecular weight excluding hydrogens is 665 g/mol. The van der Waals surface area contributed by atoms with E-state index in [4.69, 9.17) is 19.2 Å². The second kappa shape index (κ2) is 13.4. The maximum absolute atomic E-state index is 16.5. The van der Waals surface area contributed by atoms with E-state index in [0.29, 0.717) is 72.6 Å². The number of amides is 2. The van der Waals surface area contributed by atoms with E-state index in [1.807, 2.05) is 42.2 Å². The van der Waals surface area contributed by atoms with Crippen LogP contribution in [0.15, 0.2) is 48.7 Å². The summed E-state index contributed by atoms with van der Waals surface area (Å²) in [5.74, 6) is 1.34. The van der Waals surface area contributed by atoms with E-state index in [1.165, 1.54) is 7.11 Å². The fourth-order valence-corrected chi connectivity index (χ4v) is 8.11. The van der Waals surface area contributed by atoms with E-state index in [1.54, 1.807) is 32.4 Å². The Balaban J connectivity index is 1.05. The molecule has 0 radical (unpaired) electrons. The summed E-state index contributed by atoms with van der Waals surface area (Å²) >= 11 is 0. The molecule has 1 atom stereocenters. The van der Waals surface area contributed by atoms with Gasteiger partial charge in [-0.2, -0.15) is 0 Å². The maximum Gasteiger partial charge on any atom is 0.237 e. The maximum atomic E-state index is 16.5. The van der Waals surface area contributed by atoms with Crippen LogP contribution in [0.1, 0.15) is 42.6 Å². The smallest absolute Gasteiger partial charge is 0.237 e. The van der Waals surface area contributed by atoms with Gasteiger partial charge in [0.2, 0.25) is 23.6 Å². The molecule has 4 aliphatic heterocycles. The Morgan fingerprint density at radius 1 is 0.981 bits per heavy atom. The predicted molar refractivity (Wildman–Crippen MR) is 191 cm³/mol.